The van der Waals surface area contributed by atoms with Gasteiger partial charge in [-0.25, -0.2) is 8.78 Å². The molecule has 0 radical (unpaired) electrons. The minimum atomic E-state index is -4.04. The van der Waals surface area contributed by atoms with E-state index in [1.165, 1.54) is 0 Å². The number of alkyl halides is 2. The first-order valence-corrected chi connectivity index (χ1v) is 11.7. The third kappa shape index (κ3) is 6.80. The minimum Gasteiger partial charge on any atom is -0.316 e. The smallest absolute Gasteiger partial charge is 0.316 e. The number of rotatable bonds is 10. The zero-order chi connectivity index (χ0) is 23.8. The first kappa shape index (κ1) is 25.2. The van der Waals surface area contributed by atoms with Gasteiger partial charge in [-0.1, -0.05) is 42.5 Å². The van der Waals surface area contributed by atoms with E-state index in [0.29, 0.717) is 11.5 Å². The van der Waals surface area contributed by atoms with Crippen LogP contribution in [0.1, 0.15) is 67.2 Å². The Morgan fingerprint density at radius 1 is 0.970 bits per heavy atom. The molecule has 0 saturated heterocycles. The Morgan fingerprint density at radius 2 is 1.55 bits per heavy atom. The molecule has 0 bridgehead atoms. The second-order valence-electron chi connectivity index (χ2n) is 8.76. The van der Waals surface area contributed by atoms with Crippen LogP contribution < -0.4 is 0 Å². The summed E-state index contributed by atoms with van der Waals surface area (Å²) in [7, 11) is 0. The van der Waals surface area contributed by atoms with Crippen molar-refractivity contribution < 1.29 is 22.3 Å². The molecule has 1 fully saturated rings. The Morgan fingerprint density at radius 3 is 2.09 bits per heavy atom. The van der Waals surface area contributed by atoms with Gasteiger partial charge in [-0.3, -0.25) is 0 Å². The zero-order valence-corrected chi connectivity index (χ0v) is 19.1. The van der Waals surface area contributed by atoms with Gasteiger partial charge in [0.1, 0.15) is 17.2 Å². The van der Waals surface area contributed by atoms with Gasteiger partial charge in [-0.05, 0) is 92.5 Å². The van der Waals surface area contributed by atoms with Gasteiger partial charge in [0.2, 0.25) is 0 Å². The molecule has 0 aliphatic heterocycles. The summed E-state index contributed by atoms with van der Waals surface area (Å²) in [4.78, 5) is 0. The summed E-state index contributed by atoms with van der Waals surface area (Å²) in [6.07, 6.45) is 7.32. The number of hydrogen-bond donors (Lipinski definition) is 0. The Labute approximate surface area is 194 Å². The molecule has 0 spiro atoms. The number of hydrogen-bond acceptors (Lipinski definition) is 1. The summed E-state index contributed by atoms with van der Waals surface area (Å²) < 4.78 is 63.1. The predicted octanol–water partition coefficient (Wildman–Crippen LogP) is 8.24. The summed E-state index contributed by atoms with van der Waals surface area (Å²) in [5.41, 5.74) is 1.08. The summed E-state index contributed by atoms with van der Waals surface area (Å²) >= 11 is 0. The predicted molar refractivity (Wildman–Crippen MR) is 124 cm³/mol. The van der Waals surface area contributed by atoms with Gasteiger partial charge >= 0.3 is 6.11 Å². The standard InChI is InChI=1S/C28H32F4O/c1-3-5-7-21-8-10-22(11-9-21)16-17-33-28(31,32)27-25(29)18-24(19-26(27)30)23-14-12-20(6-4-2)13-15-23/h3-4,6,8-11,18-20,23H,1,5,7,12-17H2,2H3/b6-4+/t20-,23-. The SMILES string of the molecule is C=CCCc1ccc(CCOC(F)(F)c2c(F)cc([C@H]3CC[C@H](/C=C/C)CC3)cc2F)cc1. The largest absolute Gasteiger partial charge is 0.389 e. The molecule has 2 aromatic rings. The maximum atomic E-state index is 14.6. The Bertz CT molecular complexity index is 918. The third-order valence-electron chi connectivity index (χ3n) is 6.40. The molecule has 178 valence electrons. The molecule has 0 amide bonds. The van der Waals surface area contributed by atoms with Crippen LogP contribution in [0.25, 0.3) is 0 Å². The van der Waals surface area contributed by atoms with Crippen LogP contribution in [0.2, 0.25) is 0 Å². The summed E-state index contributed by atoms with van der Waals surface area (Å²) in [5, 5.41) is 0. The average Bonchev–Trinajstić information content (AvgIpc) is 2.78. The molecule has 3 rings (SSSR count). The van der Waals surface area contributed by atoms with Crippen molar-refractivity contribution in [3.63, 3.8) is 0 Å². The molecule has 1 nitrogen and oxygen atoms in total. The van der Waals surface area contributed by atoms with Crippen LogP contribution in [0.5, 0.6) is 0 Å². The van der Waals surface area contributed by atoms with E-state index in [1.54, 1.807) is 0 Å². The molecule has 0 heterocycles. The number of ether oxygens (including phenoxy) is 1. The molecular weight excluding hydrogens is 428 g/mol. The van der Waals surface area contributed by atoms with Gasteiger partial charge in [-0.15, -0.1) is 6.58 Å². The first-order chi connectivity index (χ1) is 15.8. The molecule has 5 heteroatoms. The van der Waals surface area contributed by atoms with Gasteiger partial charge in [-0.2, -0.15) is 8.78 Å². The number of aryl methyl sites for hydroxylation is 1. The molecule has 1 aliphatic carbocycles. The highest BCUT2D eigenvalue weighted by Gasteiger charge is 2.40. The molecule has 33 heavy (non-hydrogen) atoms. The van der Waals surface area contributed by atoms with E-state index in [1.807, 2.05) is 43.3 Å². The van der Waals surface area contributed by atoms with E-state index >= 15 is 0 Å². The van der Waals surface area contributed by atoms with Gasteiger partial charge in [0.15, 0.2) is 0 Å². The van der Waals surface area contributed by atoms with E-state index in [2.05, 4.69) is 17.4 Å². The molecule has 0 aromatic heterocycles. The Balaban J connectivity index is 1.61. The van der Waals surface area contributed by atoms with E-state index in [9.17, 15) is 17.6 Å². The van der Waals surface area contributed by atoms with Crippen molar-refractivity contribution >= 4 is 0 Å². The number of halogens is 4. The quantitative estimate of drug-likeness (QED) is 0.256. The number of allylic oxidation sites excluding steroid dienone is 3. The molecule has 0 atom stereocenters. The lowest BCUT2D eigenvalue weighted by Gasteiger charge is -2.28. The van der Waals surface area contributed by atoms with Crippen molar-refractivity contribution in [2.45, 2.75) is 63.9 Å². The molecule has 0 N–H and O–H groups in total. The van der Waals surface area contributed by atoms with Crippen LogP contribution in [0.15, 0.2) is 61.2 Å². The maximum absolute atomic E-state index is 14.6. The molecular formula is C28H32F4O. The van der Waals surface area contributed by atoms with Gasteiger partial charge in [0, 0.05) is 0 Å². The number of benzene rings is 2. The van der Waals surface area contributed by atoms with Crippen LogP contribution >= 0.6 is 0 Å². The fourth-order valence-electron chi connectivity index (χ4n) is 4.53. The van der Waals surface area contributed by atoms with Crippen molar-refractivity contribution in [2.75, 3.05) is 6.61 Å². The lowest BCUT2D eigenvalue weighted by Crippen LogP contribution is -2.24. The minimum absolute atomic E-state index is 0.0199. The second kappa shape index (κ2) is 11.6. The highest BCUT2D eigenvalue weighted by Crippen LogP contribution is 2.40. The summed E-state index contributed by atoms with van der Waals surface area (Å²) in [6.45, 7) is 5.31. The van der Waals surface area contributed by atoms with Gasteiger partial charge < -0.3 is 4.74 Å². The normalized spacial score (nSPS) is 19.2. The van der Waals surface area contributed by atoms with Crippen LogP contribution in [0.3, 0.4) is 0 Å². The highest BCUT2D eigenvalue weighted by molar-refractivity contribution is 5.31. The summed E-state index contributed by atoms with van der Waals surface area (Å²) in [5.74, 6) is -2.05. The van der Waals surface area contributed by atoms with Gasteiger partial charge in [0.05, 0.1) is 6.61 Å². The maximum Gasteiger partial charge on any atom is 0.389 e. The van der Waals surface area contributed by atoms with Gasteiger partial charge in [0.25, 0.3) is 0 Å². The average molecular weight is 461 g/mol. The first-order valence-electron chi connectivity index (χ1n) is 11.7. The molecule has 2 aromatic carbocycles. The van der Waals surface area contributed by atoms with Crippen LogP contribution in [0, 0.1) is 17.6 Å². The van der Waals surface area contributed by atoms with Crippen molar-refractivity contribution in [2.24, 2.45) is 5.92 Å². The monoisotopic (exact) mass is 460 g/mol. The molecule has 1 aliphatic rings. The van der Waals surface area contributed by atoms with E-state index in [-0.39, 0.29) is 18.9 Å². The molecule has 0 unspecified atom stereocenters. The van der Waals surface area contributed by atoms with E-state index in [4.69, 9.17) is 0 Å². The third-order valence-corrected chi connectivity index (χ3v) is 6.40. The Kier molecular flexibility index (Phi) is 8.90. The fraction of sp³-hybridized carbons (Fsp3) is 0.429. The highest BCUT2D eigenvalue weighted by atomic mass is 19.3. The van der Waals surface area contributed by atoms with Crippen LogP contribution in [-0.2, 0) is 23.7 Å². The van der Waals surface area contributed by atoms with E-state index < -0.39 is 23.3 Å². The second-order valence-corrected chi connectivity index (χ2v) is 8.76. The fourth-order valence-corrected chi connectivity index (χ4v) is 4.53. The molecule has 1 saturated carbocycles. The van der Waals surface area contributed by atoms with E-state index in [0.717, 1.165) is 61.8 Å². The van der Waals surface area contributed by atoms with Crippen molar-refractivity contribution in [3.8, 4) is 0 Å². The zero-order valence-electron chi connectivity index (χ0n) is 19.1. The van der Waals surface area contributed by atoms with Crippen molar-refractivity contribution in [1.82, 2.24) is 0 Å². The van der Waals surface area contributed by atoms with Crippen LogP contribution in [-0.4, -0.2) is 6.61 Å². The summed E-state index contributed by atoms with van der Waals surface area (Å²) in [6, 6.07) is 9.67. The Hall–Kier alpha value is -2.40. The van der Waals surface area contributed by atoms with Crippen molar-refractivity contribution in [3.05, 3.63) is 95.1 Å². The topological polar surface area (TPSA) is 9.23 Å². The van der Waals surface area contributed by atoms with Crippen LogP contribution in [0.4, 0.5) is 17.6 Å². The van der Waals surface area contributed by atoms with Crippen molar-refractivity contribution in [1.29, 1.82) is 0 Å². The lowest BCUT2D eigenvalue weighted by atomic mass is 9.78. The lowest BCUT2D eigenvalue weighted by molar-refractivity contribution is -0.251.